The lowest BCUT2D eigenvalue weighted by Crippen LogP contribution is -2.41. The predicted octanol–water partition coefficient (Wildman–Crippen LogP) is 1.69. The highest BCUT2D eigenvalue weighted by molar-refractivity contribution is 5.34. The van der Waals surface area contributed by atoms with Crippen molar-refractivity contribution in [3.05, 3.63) is 29.3 Å². The number of rotatable bonds is 3. The molecule has 1 saturated heterocycles. The third kappa shape index (κ3) is 2.55. The molecule has 3 rings (SSSR count). The maximum atomic E-state index is 9.48. The van der Waals surface area contributed by atoms with Crippen LogP contribution in [0.3, 0.4) is 0 Å². The number of aliphatic hydroxyl groups excluding tert-OH is 1. The number of aryl methyl sites for hydroxylation is 2. The molecule has 0 spiro atoms. The maximum Gasteiger partial charge on any atom is 0.234 e. The molecular weight excluding hydrogens is 252 g/mol. The maximum absolute atomic E-state index is 9.48. The lowest BCUT2D eigenvalue weighted by molar-refractivity contribution is 0.0832. The number of aromatic nitrogens is 3. The standard InChI is InChI=1S/C15H22N4O/c1-11-7-12(2)19-9-13(17-15(19)16-11)8-18-6-4-3-5-14(18)10-20/h7,9,14,20H,3-6,8,10H2,1-2H3/t14-/m1/s1. The fourth-order valence-electron chi connectivity index (χ4n) is 3.08. The van der Waals surface area contributed by atoms with Crippen LogP contribution in [0.4, 0.5) is 0 Å². The molecule has 0 aliphatic carbocycles. The molecule has 5 nitrogen and oxygen atoms in total. The smallest absolute Gasteiger partial charge is 0.234 e. The van der Waals surface area contributed by atoms with Crippen molar-refractivity contribution in [3.8, 4) is 0 Å². The van der Waals surface area contributed by atoms with E-state index in [0.29, 0.717) is 0 Å². The number of nitrogens with zero attached hydrogens (tertiary/aromatic N) is 4. The molecule has 1 aliphatic rings. The third-order valence-corrected chi connectivity index (χ3v) is 4.14. The number of fused-ring (bicyclic) bond motifs is 1. The van der Waals surface area contributed by atoms with Crippen LogP contribution >= 0.6 is 0 Å². The highest BCUT2D eigenvalue weighted by Crippen LogP contribution is 2.19. The molecule has 0 aromatic carbocycles. The van der Waals surface area contributed by atoms with Gasteiger partial charge in [-0.05, 0) is 39.3 Å². The van der Waals surface area contributed by atoms with Gasteiger partial charge in [-0.3, -0.25) is 9.30 Å². The van der Waals surface area contributed by atoms with Gasteiger partial charge in [0.05, 0.1) is 12.3 Å². The van der Waals surface area contributed by atoms with E-state index in [1.54, 1.807) is 0 Å². The molecule has 0 unspecified atom stereocenters. The van der Waals surface area contributed by atoms with Crippen molar-refractivity contribution in [3.63, 3.8) is 0 Å². The number of imidazole rings is 1. The molecule has 0 saturated carbocycles. The van der Waals surface area contributed by atoms with Crippen molar-refractivity contribution in [2.75, 3.05) is 13.2 Å². The van der Waals surface area contributed by atoms with Crippen LogP contribution < -0.4 is 0 Å². The van der Waals surface area contributed by atoms with Gasteiger partial charge in [-0.1, -0.05) is 6.42 Å². The van der Waals surface area contributed by atoms with E-state index in [0.717, 1.165) is 42.4 Å². The van der Waals surface area contributed by atoms with Gasteiger partial charge < -0.3 is 5.11 Å². The minimum absolute atomic E-state index is 0.240. The van der Waals surface area contributed by atoms with Crippen LogP contribution in [0, 0.1) is 13.8 Å². The van der Waals surface area contributed by atoms with Crippen LogP contribution in [0.15, 0.2) is 12.3 Å². The van der Waals surface area contributed by atoms with Gasteiger partial charge in [-0.25, -0.2) is 9.97 Å². The van der Waals surface area contributed by atoms with Crippen LogP contribution in [0.25, 0.3) is 5.78 Å². The Kier molecular flexibility index (Phi) is 3.72. The first-order chi connectivity index (χ1) is 9.67. The van der Waals surface area contributed by atoms with Crippen LogP contribution in [0.1, 0.15) is 36.3 Å². The number of aliphatic hydroxyl groups is 1. The van der Waals surface area contributed by atoms with Crippen LogP contribution in [0.5, 0.6) is 0 Å². The number of hydrogen-bond donors (Lipinski definition) is 1. The van der Waals surface area contributed by atoms with E-state index in [4.69, 9.17) is 0 Å². The quantitative estimate of drug-likeness (QED) is 0.925. The molecule has 108 valence electrons. The molecule has 1 aliphatic heterocycles. The average Bonchev–Trinajstić information content (AvgIpc) is 2.82. The monoisotopic (exact) mass is 274 g/mol. The van der Waals surface area contributed by atoms with E-state index in [-0.39, 0.29) is 12.6 Å². The Bertz CT molecular complexity index is 607. The van der Waals surface area contributed by atoms with Gasteiger partial charge in [-0.2, -0.15) is 0 Å². The second-order valence-corrected chi connectivity index (χ2v) is 5.74. The third-order valence-electron chi connectivity index (χ3n) is 4.14. The summed E-state index contributed by atoms with van der Waals surface area (Å²) in [7, 11) is 0. The van der Waals surface area contributed by atoms with Crippen LogP contribution in [-0.4, -0.2) is 43.6 Å². The summed E-state index contributed by atoms with van der Waals surface area (Å²) in [5.74, 6) is 0.773. The summed E-state index contributed by atoms with van der Waals surface area (Å²) in [5, 5.41) is 9.48. The minimum atomic E-state index is 0.240. The number of hydrogen-bond acceptors (Lipinski definition) is 4. The first-order valence-electron chi connectivity index (χ1n) is 7.34. The van der Waals surface area contributed by atoms with Crippen molar-refractivity contribution >= 4 is 5.78 Å². The van der Waals surface area contributed by atoms with E-state index < -0.39 is 0 Å². The number of piperidine rings is 1. The predicted molar refractivity (Wildman–Crippen MR) is 77.6 cm³/mol. The Morgan fingerprint density at radius 1 is 1.30 bits per heavy atom. The molecule has 1 atom stereocenters. The zero-order valence-corrected chi connectivity index (χ0v) is 12.2. The highest BCUT2D eigenvalue weighted by Gasteiger charge is 2.22. The summed E-state index contributed by atoms with van der Waals surface area (Å²) in [6.07, 6.45) is 5.58. The number of likely N-dealkylation sites (tertiary alicyclic amines) is 1. The van der Waals surface area contributed by atoms with Crippen molar-refractivity contribution < 1.29 is 5.11 Å². The van der Waals surface area contributed by atoms with E-state index in [2.05, 4.69) is 34.1 Å². The summed E-state index contributed by atoms with van der Waals surface area (Å²) in [4.78, 5) is 11.4. The molecule has 20 heavy (non-hydrogen) atoms. The Morgan fingerprint density at radius 2 is 2.15 bits per heavy atom. The molecule has 0 radical (unpaired) electrons. The van der Waals surface area contributed by atoms with Gasteiger partial charge in [-0.15, -0.1) is 0 Å². The van der Waals surface area contributed by atoms with Crippen molar-refractivity contribution in [1.82, 2.24) is 19.3 Å². The molecule has 0 bridgehead atoms. The Balaban J connectivity index is 1.85. The first-order valence-corrected chi connectivity index (χ1v) is 7.34. The second kappa shape index (κ2) is 5.50. The second-order valence-electron chi connectivity index (χ2n) is 5.74. The fraction of sp³-hybridized carbons (Fsp3) is 0.600. The van der Waals surface area contributed by atoms with E-state index >= 15 is 0 Å². The van der Waals surface area contributed by atoms with Crippen LogP contribution in [-0.2, 0) is 6.54 Å². The Morgan fingerprint density at radius 3 is 2.95 bits per heavy atom. The Labute approximate surface area is 119 Å². The van der Waals surface area contributed by atoms with Crippen molar-refractivity contribution in [2.24, 2.45) is 0 Å². The lowest BCUT2D eigenvalue weighted by atomic mass is 10.0. The molecule has 2 aromatic heterocycles. The van der Waals surface area contributed by atoms with Gasteiger partial charge in [0.2, 0.25) is 5.78 Å². The molecule has 5 heteroatoms. The zero-order chi connectivity index (χ0) is 14.1. The highest BCUT2D eigenvalue weighted by atomic mass is 16.3. The van der Waals surface area contributed by atoms with Gasteiger partial charge >= 0.3 is 0 Å². The topological polar surface area (TPSA) is 53.7 Å². The van der Waals surface area contributed by atoms with Crippen LogP contribution in [0.2, 0.25) is 0 Å². The summed E-state index contributed by atoms with van der Waals surface area (Å²) in [6, 6.07) is 2.35. The summed E-state index contributed by atoms with van der Waals surface area (Å²) in [5.41, 5.74) is 3.19. The van der Waals surface area contributed by atoms with Gasteiger partial charge in [0, 0.05) is 30.2 Å². The van der Waals surface area contributed by atoms with Crippen molar-refractivity contribution in [2.45, 2.75) is 45.7 Å². The molecule has 0 amide bonds. The van der Waals surface area contributed by atoms with Gasteiger partial charge in [0.25, 0.3) is 0 Å². The average molecular weight is 274 g/mol. The van der Waals surface area contributed by atoms with E-state index in [1.807, 2.05) is 11.3 Å². The summed E-state index contributed by atoms with van der Waals surface area (Å²) < 4.78 is 2.04. The van der Waals surface area contributed by atoms with Gasteiger partial charge in [0.1, 0.15) is 0 Å². The summed E-state index contributed by atoms with van der Waals surface area (Å²) in [6.45, 7) is 6.15. The molecule has 3 heterocycles. The van der Waals surface area contributed by atoms with Crippen molar-refractivity contribution in [1.29, 1.82) is 0 Å². The largest absolute Gasteiger partial charge is 0.395 e. The fourth-order valence-corrected chi connectivity index (χ4v) is 3.08. The Hall–Kier alpha value is -1.46. The van der Waals surface area contributed by atoms with Gasteiger partial charge in [0.15, 0.2) is 0 Å². The normalized spacial score (nSPS) is 20.6. The summed E-state index contributed by atoms with van der Waals surface area (Å²) >= 11 is 0. The lowest BCUT2D eigenvalue weighted by Gasteiger charge is -2.33. The molecule has 2 aromatic rings. The first kappa shape index (κ1) is 13.5. The molecular formula is C15H22N4O. The minimum Gasteiger partial charge on any atom is -0.395 e. The molecule has 1 fully saturated rings. The van der Waals surface area contributed by atoms with E-state index in [9.17, 15) is 5.11 Å². The molecule has 1 N–H and O–H groups in total. The SMILES string of the molecule is Cc1cc(C)n2cc(CN3CCCC[C@@H]3CO)nc2n1. The van der Waals surface area contributed by atoms with E-state index in [1.165, 1.54) is 12.8 Å². The zero-order valence-electron chi connectivity index (χ0n) is 12.2.